The molecule has 1 atom stereocenters. The van der Waals surface area contributed by atoms with Gasteiger partial charge >= 0.3 is 6.03 Å². The summed E-state index contributed by atoms with van der Waals surface area (Å²) in [5.41, 5.74) is 3.79. The van der Waals surface area contributed by atoms with Gasteiger partial charge < -0.3 is 19.9 Å². The molecular weight excluding hydrogens is 397 g/mol. The van der Waals surface area contributed by atoms with Crippen LogP contribution in [0.1, 0.15) is 29.5 Å². The van der Waals surface area contributed by atoms with Crippen LogP contribution in [0.4, 0.5) is 14.9 Å². The average Bonchev–Trinajstić information content (AvgIpc) is 3.24. The highest BCUT2D eigenvalue weighted by molar-refractivity contribution is 5.89. The van der Waals surface area contributed by atoms with Crippen molar-refractivity contribution in [3.8, 4) is 0 Å². The molecule has 1 aliphatic heterocycles. The van der Waals surface area contributed by atoms with Gasteiger partial charge in [-0.2, -0.15) is 0 Å². The Hall–Kier alpha value is -3.19. The number of nitrogens with zero attached hydrogens (tertiary/aromatic N) is 1. The molecule has 6 nitrogen and oxygen atoms in total. The highest BCUT2D eigenvalue weighted by Gasteiger charge is 2.24. The number of aromatic amines is 1. The molecule has 2 heterocycles. The van der Waals surface area contributed by atoms with Gasteiger partial charge in [0.2, 0.25) is 0 Å². The second-order valence-electron chi connectivity index (χ2n) is 8.10. The highest BCUT2D eigenvalue weighted by Crippen LogP contribution is 2.20. The van der Waals surface area contributed by atoms with Crippen molar-refractivity contribution >= 4 is 22.6 Å². The first-order valence-corrected chi connectivity index (χ1v) is 10.5. The lowest BCUT2D eigenvalue weighted by molar-refractivity contribution is 0.0818. The van der Waals surface area contributed by atoms with Crippen molar-refractivity contribution in [3.05, 3.63) is 75.3 Å². The van der Waals surface area contributed by atoms with E-state index in [1.807, 2.05) is 32.0 Å². The van der Waals surface area contributed by atoms with Gasteiger partial charge in [0.1, 0.15) is 5.82 Å². The summed E-state index contributed by atoms with van der Waals surface area (Å²) in [5.74, 6) is -0.373. The van der Waals surface area contributed by atoms with Crippen molar-refractivity contribution in [2.24, 2.45) is 0 Å². The molecule has 0 unspecified atom stereocenters. The Morgan fingerprint density at radius 2 is 1.94 bits per heavy atom. The zero-order valence-corrected chi connectivity index (χ0v) is 17.7. The van der Waals surface area contributed by atoms with Crippen LogP contribution in [-0.4, -0.2) is 35.2 Å². The monoisotopic (exact) mass is 423 g/mol. The minimum atomic E-state index is -0.373. The molecule has 2 aromatic carbocycles. The first kappa shape index (κ1) is 21.1. The number of anilines is 1. The Morgan fingerprint density at radius 3 is 2.65 bits per heavy atom. The van der Waals surface area contributed by atoms with Gasteiger partial charge in [-0.25, -0.2) is 9.18 Å². The Labute approximate surface area is 180 Å². The van der Waals surface area contributed by atoms with Crippen molar-refractivity contribution in [1.29, 1.82) is 0 Å². The lowest BCUT2D eigenvalue weighted by Crippen LogP contribution is -2.40. The SMILES string of the molecule is Cc1cc2cc(CN(C[C@H]3CCCO3)C(=O)Nc3ccc(F)cc3)c(=O)[nH]c2cc1C. The van der Waals surface area contributed by atoms with E-state index >= 15 is 0 Å². The molecule has 2 amide bonds. The summed E-state index contributed by atoms with van der Waals surface area (Å²) in [6.45, 7) is 5.22. The van der Waals surface area contributed by atoms with Crippen LogP contribution >= 0.6 is 0 Å². The topological polar surface area (TPSA) is 74.4 Å². The summed E-state index contributed by atoms with van der Waals surface area (Å²) < 4.78 is 18.9. The average molecular weight is 423 g/mol. The summed E-state index contributed by atoms with van der Waals surface area (Å²) in [6.07, 6.45) is 1.75. The van der Waals surface area contributed by atoms with Gasteiger partial charge in [0.25, 0.3) is 5.56 Å². The molecule has 7 heteroatoms. The van der Waals surface area contributed by atoms with E-state index < -0.39 is 0 Å². The first-order valence-electron chi connectivity index (χ1n) is 10.5. The fraction of sp³-hybridized carbons (Fsp3) is 0.333. The number of carbonyl (C=O) groups excluding carboxylic acids is 1. The van der Waals surface area contributed by atoms with E-state index in [2.05, 4.69) is 10.3 Å². The normalized spacial score (nSPS) is 15.9. The van der Waals surface area contributed by atoms with Crippen molar-refractivity contribution in [3.63, 3.8) is 0 Å². The van der Waals surface area contributed by atoms with Crippen LogP contribution < -0.4 is 10.9 Å². The minimum Gasteiger partial charge on any atom is -0.376 e. The van der Waals surface area contributed by atoms with Crippen LogP contribution in [0.15, 0.2) is 47.3 Å². The zero-order valence-electron chi connectivity index (χ0n) is 17.7. The van der Waals surface area contributed by atoms with E-state index in [9.17, 15) is 14.0 Å². The van der Waals surface area contributed by atoms with Gasteiger partial charge in [-0.1, -0.05) is 0 Å². The number of carbonyl (C=O) groups is 1. The van der Waals surface area contributed by atoms with Crippen LogP contribution in [0.5, 0.6) is 0 Å². The number of hydrogen-bond acceptors (Lipinski definition) is 3. The van der Waals surface area contributed by atoms with Gasteiger partial charge in [0.05, 0.1) is 12.6 Å². The smallest absolute Gasteiger partial charge is 0.322 e. The molecule has 1 aliphatic rings. The number of fused-ring (bicyclic) bond motifs is 1. The van der Waals surface area contributed by atoms with Crippen LogP contribution in [0.25, 0.3) is 10.9 Å². The quantitative estimate of drug-likeness (QED) is 0.635. The van der Waals surface area contributed by atoms with Gasteiger partial charge in [-0.15, -0.1) is 0 Å². The molecule has 31 heavy (non-hydrogen) atoms. The van der Waals surface area contributed by atoms with Crippen molar-refractivity contribution < 1.29 is 13.9 Å². The van der Waals surface area contributed by atoms with Crippen LogP contribution in [0.2, 0.25) is 0 Å². The fourth-order valence-electron chi connectivity index (χ4n) is 3.83. The number of hydrogen-bond donors (Lipinski definition) is 2. The maximum absolute atomic E-state index is 13.2. The molecule has 1 aromatic heterocycles. The second kappa shape index (κ2) is 8.89. The Bertz CT molecular complexity index is 1150. The van der Waals surface area contributed by atoms with Gasteiger partial charge in [-0.3, -0.25) is 4.79 Å². The first-order chi connectivity index (χ1) is 14.9. The number of nitrogens with one attached hydrogen (secondary N) is 2. The van der Waals surface area contributed by atoms with Gasteiger partial charge in [-0.05, 0) is 85.7 Å². The van der Waals surface area contributed by atoms with Crippen LogP contribution in [-0.2, 0) is 11.3 Å². The summed E-state index contributed by atoms with van der Waals surface area (Å²) >= 11 is 0. The standard InChI is InChI=1S/C24H26FN3O3/c1-15-10-17-12-18(23(29)27-22(17)11-16(15)2)13-28(14-21-4-3-9-31-21)24(30)26-20-7-5-19(25)6-8-20/h5-8,10-12,21H,3-4,9,13-14H2,1-2H3,(H,26,30)(H,27,29)/t21-/m1/s1. The van der Waals surface area contributed by atoms with Gasteiger partial charge in [0.15, 0.2) is 0 Å². The van der Waals surface area contributed by atoms with Gasteiger partial charge in [0, 0.05) is 29.9 Å². The number of amides is 2. The van der Waals surface area contributed by atoms with E-state index in [0.29, 0.717) is 24.4 Å². The van der Waals surface area contributed by atoms with Crippen LogP contribution in [0.3, 0.4) is 0 Å². The predicted molar refractivity (Wildman–Crippen MR) is 119 cm³/mol. The predicted octanol–water partition coefficient (Wildman–Crippen LogP) is 4.50. The number of pyridine rings is 1. The highest BCUT2D eigenvalue weighted by atomic mass is 19.1. The number of halogens is 1. The summed E-state index contributed by atoms with van der Waals surface area (Å²) in [5, 5.41) is 3.71. The Kier molecular flexibility index (Phi) is 6.04. The van der Waals surface area contributed by atoms with E-state index in [1.165, 1.54) is 24.3 Å². The molecule has 2 N–H and O–H groups in total. The molecular formula is C24H26FN3O3. The molecule has 0 radical (unpaired) electrons. The number of rotatable bonds is 5. The molecule has 3 aromatic rings. The molecule has 1 saturated heterocycles. The lowest BCUT2D eigenvalue weighted by Gasteiger charge is -2.25. The third-order valence-electron chi connectivity index (χ3n) is 5.73. The Balaban J connectivity index is 1.61. The molecule has 4 rings (SSSR count). The molecule has 0 saturated carbocycles. The maximum Gasteiger partial charge on any atom is 0.322 e. The summed E-state index contributed by atoms with van der Waals surface area (Å²) in [6, 6.07) is 11.1. The zero-order chi connectivity index (χ0) is 22.0. The molecule has 0 spiro atoms. The third-order valence-corrected chi connectivity index (χ3v) is 5.73. The molecule has 0 aliphatic carbocycles. The molecule has 162 valence electrons. The van der Waals surface area contributed by atoms with E-state index in [0.717, 1.165) is 34.9 Å². The molecule has 1 fully saturated rings. The number of benzene rings is 2. The Morgan fingerprint density at radius 1 is 1.19 bits per heavy atom. The molecule has 0 bridgehead atoms. The van der Waals surface area contributed by atoms with Crippen molar-refractivity contribution in [1.82, 2.24) is 9.88 Å². The third kappa shape index (κ3) is 4.94. The summed E-state index contributed by atoms with van der Waals surface area (Å²) in [4.78, 5) is 30.3. The van der Waals surface area contributed by atoms with Crippen molar-refractivity contribution in [2.45, 2.75) is 39.3 Å². The van der Waals surface area contributed by atoms with Crippen molar-refractivity contribution in [2.75, 3.05) is 18.5 Å². The lowest BCUT2D eigenvalue weighted by atomic mass is 10.0. The number of ether oxygens (including phenoxy) is 1. The van der Waals surface area contributed by atoms with E-state index in [1.54, 1.807) is 4.90 Å². The maximum atomic E-state index is 13.2. The number of aryl methyl sites for hydroxylation is 2. The van der Waals surface area contributed by atoms with E-state index in [4.69, 9.17) is 4.74 Å². The number of aromatic nitrogens is 1. The number of urea groups is 1. The largest absolute Gasteiger partial charge is 0.376 e. The van der Waals surface area contributed by atoms with E-state index in [-0.39, 0.29) is 30.1 Å². The minimum absolute atomic E-state index is 0.0663. The number of H-pyrrole nitrogens is 1. The van der Waals surface area contributed by atoms with Crippen LogP contribution in [0, 0.1) is 19.7 Å². The summed E-state index contributed by atoms with van der Waals surface area (Å²) in [7, 11) is 0. The second-order valence-corrected chi connectivity index (χ2v) is 8.10. The fourth-order valence-corrected chi connectivity index (χ4v) is 3.83.